The van der Waals surface area contributed by atoms with Crippen molar-refractivity contribution in [3.63, 3.8) is 0 Å². The molecule has 4 nitrogen and oxygen atoms in total. The van der Waals surface area contributed by atoms with E-state index >= 15 is 0 Å². The van der Waals surface area contributed by atoms with E-state index in [0.29, 0.717) is 19.1 Å². The van der Waals surface area contributed by atoms with Crippen LogP contribution in [0.1, 0.15) is 32.3 Å². The van der Waals surface area contributed by atoms with Crippen LogP contribution in [0.4, 0.5) is 4.79 Å². The monoisotopic (exact) mass is 276 g/mol. The molecule has 2 rings (SSSR count). The van der Waals surface area contributed by atoms with E-state index in [0.717, 1.165) is 30.8 Å². The van der Waals surface area contributed by atoms with Crippen LogP contribution in [0.15, 0.2) is 24.3 Å². The van der Waals surface area contributed by atoms with Gasteiger partial charge in [-0.3, -0.25) is 0 Å². The maximum atomic E-state index is 12.1. The molecule has 1 aromatic carbocycles. The van der Waals surface area contributed by atoms with Gasteiger partial charge < -0.3 is 15.0 Å². The Kier molecular flexibility index (Phi) is 5.27. The second kappa shape index (κ2) is 7.17. The molecule has 1 saturated heterocycles. The van der Waals surface area contributed by atoms with Gasteiger partial charge in [0.1, 0.15) is 5.75 Å². The van der Waals surface area contributed by atoms with Gasteiger partial charge in [0.25, 0.3) is 0 Å². The fraction of sp³-hybridized carbons (Fsp3) is 0.562. The van der Waals surface area contributed by atoms with Crippen molar-refractivity contribution in [3.8, 4) is 5.75 Å². The van der Waals surface area contributed by atoms with Crippen LogP contribution in [0.2, 0.25) is 0 Å². The smallest absolute Gasteiger partial charge is 0.317 e. The standard InChI is InChI=1S/C16H24N2O2/c1-3-20-15-8-6-14(7-9-15)11-17-16(19)18-10-4-5-13(2)12-18/h6-9,13H,3-5,10-12H2,1-2H3,(H,17,19). The average Bonchev–Trinajstić information content (AvgIpc) is 2.46. The molecule has 20 heavy (non-hydrogen) atoms. The summed E-state index contributed by atoms with van der Waals surface area (Å²) >= 11 is 0. The normalized spacial score (nSPS) is 18.7. The van der Waals surface area contributed by atoms with Gasteiger partial charge in [-0.25, -0.2) is 4.79 Å². The summed E-state index contributed by atoms with van der Waals surface area (Å²) in [4.78, 5) is 14.0. The fourth-order valence-electron chi connectivity index (χ4n) is 2.53. The van der Waals surface area contributed by atoms with E-state index < -0.39 is 0 Å². The molecular weight excluding hydrogens is 252 g/mol. The summed E-state index contributed by atoms with van der Waals surface area (Å²) in [5.41, 5.74) is 1.09. The number of nitrogens with zero attached hydrogens (tertiary/aromatic N) is 1. The van der Waals surface area contributed by atoms with E-state index in [2.05, 4.69) is 12.2 Å². The minimum absolute atomic E-state index is 0.0467. The largest absolute Gasteiger partial charge is 0.494 e. The minimum atomic E-state index is 0.0467. The molecule has 2 amide bonds. The number of nitrogens with one attached hydrogen (secondary N) is 1. The Morgan fingerprint density at radius 3 is 2.80 bits per heavy atom. The lowest BCUT2D eigenvalue weighted by Gasteiger charge is -2.30. The molecule has 1 fully saturated rings. The van der Waals surface area contributed by atoms with Crippen molar-refractivity contribution in [2.24, 2.45) is 5.92 Å². The number of carbonyl (C=O) groups is 1. The number of piperidine rings is 1. The van der Waals surface area contributed by atoms with Crippen molar-refractivity contribution in [2.45, 2.75) is 33.2 Å². The molecule has 4 heteroatoms. The SMILES string of the molecule is CCOc1ccc(CNC(=O)N2CCCC(C)C2)cc1. The van der Waals surface area contributed by atoms with Gasteiger partial charge in [-0.1, -0.05) is 19.1 Å². The van der Waals surface area contributed by atoms with Crippen LogP contribution in [0.3, 0.4) is 0 Å². The lowest BCUT2D eigenvalue weighted by Crippen LogP contribution is -2.44. The lowest BCUT2D eigenvalue weighted by atomic mass is 10.0. The first-order chi connectivity index (χ1) is 9.69. The van der Waals surface area contributed by atoms with Crippen LogP contribution in [0.25, 0.3) is 0 Å². The number of hydrogen-bond acceptors (Lipinski definition) is 2. The van der Waals surface area contributed by atoms with Gasteiger partial charge in [0.05, 0.1) is 6.61 Å². The van der Waals surface area contributed by atoms with Crippen molar-refractivity contribution in [3.05, 3.63) is 29.8 Å². The Balaban J connectivity index is 1.80. The van der Waals surface area contributed by atoms with Crippen molar-refractivity contribution in [2.75, 3.05) is 19.7 Å². The van der Waals surface area contributed by atoms with E-state index in [4.69, 9.17) is 4.74 Å². The quantitative estimate of drug-likeness (QED) is 0.918. The molecule has 1 aromatic rings. The number of carbonyl (C=O) groups excluding carboxylic acids is 1. The molecule has 0 spiro atoms. The van der Waals surface area contributed by atoms with Crippen LogP contribution in [0.5, 0.6) is 5.75 Å². The van der Waals surface area contributed by atoms with E-state index in [1.165, 1.54) is 6.42 Å². The topological polar surface area (TPSA) is 41.6 Å². The molecule has 0 aromatic heterocycles. The molecule has 0 radical (unpaired) electrons. The van der Waals surface area contributed by atoms with Crippen molar-refractivity contribution < 1.29 is 9.53 Å². The molecule has 1 aliphatic heterocycles. The molecule has 1 aliphatic rings. The third-order valence-electron chi connectivity index (χ3n) is 3.62. The first-order valence-corrected chi connectivity index (χ1v) is 7.43. The van der Waals surface area contributed by atoms with Crippen LogP contribution in [-0.4, -0.2) is 30.6 Å². The summed E-state index contributed by atoms with van der Waals surface area (Å²) < 4.78 is 5.40. The number of rotatable bonds is 4. The number of benzene rings is 1. The molecular formula is C16H24N2O2. The first kappa shape index (κ1) is 14.7. The molecule has 1 N–H and O–H groups in total. The van der Waals surface area contributed by atoms with Gasteiger partial charge in [0, 0.05) is 19.6 Å². The second-order valence-corrected chi connectivity index (χ2v) is 5.43. The number of ether oxygens (including phenoxy) is 1. The molecule has 1 unspecified atom stereocenters. The van der Waals surface area contributed by atoms with Crippen LogP contribution in [-0.2, 0) is 6.54 Å². The highest BCUT2D eigenvalue weighted by atomic mass is 16.5. The number of amides is 2. The van der Waals surface area contributed by atoms with Gasteiger partial charge in [0.15, 0.2) is 0 Å². The maximum absolute atomic E-state index is 12.1. The van der Waals surface area contributed by atoms with Crippen LogP contribution in [0, 0.1) is 5.92 Å². The fourth-order valence-corrected chi connectivity index (χ4v) is 2.53. The average molecular weight is 276 g/mol. The highest BCUT2D eigenvalue weighted by Gasteiger charge is 2.20. The third kappa shape index (κ3) is 4.15. The minimum Gasteiger partial charge on any atom is -0.494 e. The number of urea groups is 1. The summed E-state index contributed by atoms with van der Waals surface area (Å²) in [6, 6.07) is 7.90. The van der Waals surface area contributed by atoms with E-state index in [-0.39, 0.29) is 6.03 Å². The van der Waals surface area contributed by atoms with Gasteiger partial charge in [-0.05, 0) is 43.4 Å². The van der Waals surface area contributed by atoms with Gasteiger partial charge in [-0.2, -0.15) is 0 Å². The lowest BCUT2D eigenvalue weighted by molar-refractivity contribution is 0.169. The summed E-state index contributed by atoms with van der Waals surface area (Å²) in [7, 11) is 0. The summed E-state index contributed by atoms with van der Waals surface area (Å²) in [5, 5.41) is 2.99. The number of likely N-dealkylation sites (tertiary alicyclic amines) is 1. The zero-order valence-corrected chi connectivity index (χ0v) is 12.4. The molecule has 110 valence electrons. The summed E-state index contributed by atoms with van der Waals surface area (Å²) in [6.45, 7) is 7.15. The molecule has 0 aliphatic carbocycles. The van der Waals surface area contributed by atoms with Crippen LogP contribution < -0.4 is 10.1 Å². The Bertz CT molecular complexity index is 431. The Morgan fingerprint density at radius 2 is 2.15 bits per heavy atom. The highest BCUT2D eigenvalue weighted by Crippen LogP contribution is 2.16. The van der Waals surface area contributed by atoms with E-state index in [1.807, 2.05) is 36.1 Å². The Labute approximate surface area is 121 Å². The van der Waals surface area contributed by atoms with E-state index in [9.17, 15) is 4.79 Å². The zero-order chi connectivity index (χ0) is 14.4. The van der Waals surface area contributed by atoms with Crippen LogP contribution >= 0.6 is 0 Å². The molecule has 0 saturated carbocycles. The van der Waals surface area contributed by atoms with Gasteiger partial charge >= 0.3 is 6.03 Å². The first-order valence-electron chi connectivity index (χ1n) is 7.43. The third-order valence-corrected chi connectivity index (χ3v) is 3.62. The predicted molar refractivity (Wildman–Crippen MR) is 79.8 cm³/mol. The molecule has 0 bridgehead atoms. The Hall–Kier alpha value is -1.71. The predicted octanol–water partition coefficient (Wildman–Crippen LogP) is 3.03. The van der Waals surface area contributed by atoms with E-state index in [1.54, 1.807) is 0 Å². The molecule has 1 atom stereocenters. The van der Waals surface area contributed by atoms with Crippen molar-refractivity contribution >= 4 is 6.03 Å². The van der Waals surface area contributed by atoms with Crippen molar-refractivity contribution in [1.29, 1.82) is 0 Å². The zero-order valence-electron chi connectivity index (χ0n) is 12.4. The highest BCUT2D eigenvalue weighted by molar-refractivity contribution is 5.74. The summed E-state index contributed by atoms with van der Waals surface area (Å²) in [5.74, 6) is 1.48. The number of hydrogen-bond donors (Lipinski definition) is 1. The van der Waals surface area contributed by atoms with Gasteiger partial charge in [0.2, 0.25) is 0 Å². The summed E-state index contributed by atoms with van der Waals surface area (Å²) in [6.07, 6.45) is 2.33. The Morgan fingerprint density at radius 1 is 1.40 bits per heavy atom. The molecule has 1 heterocycles. The maximum Gasteiger partial charge on any atom is 0.317 e. The second-order valence-electron chi connectivity index (χ2n) is 5.43. The van der Waals surface area contributed by atoms with Crippen molar-refractivity contribution in [1.82, 2.24) is 10.2 Å². The van der Waals surface area contributed by atoms with Gasteiger partial charge in [-0.15, -0.1) is 0 Å².